The van der Waals surface area contributed by atoms with Crippen LogP contribution in [0.15, 0.2) is 0 Å². The normalized spacial score (nSPS) is 11.5. The van der Waals surface area contributed by atoms with Crippen LogP contribution in [0.25, 0.3) is 0 Å². The highest BCUT2D eigenvalue weighted by molar-refractivity contribution is 7.80. The molecule has 0 heterocycles. The average Bonchev–Trinajstić information content (AvgIpc) is 2.93. The van der Waals surface area contributed by atoms with Gasteiger partial charge in [0, 0.05) is 0 Å². The smallest absolute Gasteiger partial charge is 0.00773 e. The van der Waals surface area contributed by atoms with E-state index in [4.69, 9.17) is 5.73 Å². The number of hydrogen-bond donors (Lipinski definition) is 2. The highest BCUT2D eigenvalue weighted by atomic mass is 32.1. The van der Waals surface area contributed by atoms with Crippen LogP contribution in [0, 0.1) is 0 Å². The van der Waals surface area contributed by atoms with Gasteiger partial charge in [-0.1, -0.05) is 205 Å². The Morgan fingerprint density at radius 2 is 0.342 bits per heavy atom. The Morgan fingerprint density at radius 3 is 0.474 bits per heavy atom. The van der Waals surface area contributed by atoms with E-state index in [-0.39, 0.29) is 0 Å². The van der Waals surface area contributed by atoms with Crippen LogP contribution in [0.3, 0.4) is 0 Å². The first-order chi connectivity index (χ1) is 18.9. The van der Waals surface area contributed by atoms with Crippen molar-refractivity contribution in [2.45, 2.75) is 218 Å². The molecule has 0 bridgehead atoms. The van der Waals surface area contributed by atoms with E-state index in [1.807, 2.05) is 0 Å². The number of nitrogens with two attached hydrogens (primary N) is 1. The van der Waals surface area contributed by atoms with Crippen molar-refractivity contribution in [3.05, 3.63) is 0 Å². The molecule has 0 aromatic carbocycles. The molecule has 0 spiro atoms. The molecule has 0 aromatic rings. The summed E-state index contributed by atoms with van der Waals surface area (Å²) in [6.45, 7) is 0.874. The van der Waals surface area contributed by atoms with E-state index in [0.717, 1.165) is 12.3 Å². The van der Waals surface area contributed by atoms with Crippen molar-refractivity contribution in [2.75, 3.05) is 12.3 Å². The molecule has 0 atom stereocenters. The fourth-order valence-corrected chi connectivity index (χ4v) is 6.14. The molecule has 0 aliphatic carbocycles. The average molecular weight is 554 g/mol. The molecule has 2 heteroatoms. The van der Waals surface area contributed by atoms with Gasteiger partial charge in [-0.05, 0) is 25.1 Å². The first-order valence-corrected chi connectivity index (χ1v) is 18.9. The monoisotopic (exact) mass is 554 g/mol. The van der Waals surface area contributed by atoms with Gasteiger partial charge in [0.15, 0.2) is 0 Å². The predicted octanol–water partition coefficient (Wildman–Crippen LogP) is 13.1. The molecule has 38 heavy (non-hydrogen) atoms. The lowest BCUT2D eigenvalue weighted by Crippen LogP contribution is -1.97. The van der Waals surface area contributed by atoms with E-state index in [0.29, 0.717) is 0 Å². The maximum absolute atomic E-state index is 5.55. The van der Waals surface area contributed by atoms with E-state index in [9.17, 15) is 0 Å². The van der Waals surface area contributed by atoms with E-state index < -0.39 is 0 Å². The van der Waals surface area contributed by atoms with Crippen molar-refractivity contribution in [2.24, 2.45) is 5.73 Å². The molecule has 1 nitrogen and oxygen atoms in total. The molecule has 0 radical (unpaired) electrons. The van der Waals surface area contributed by atoms with Gasteiger partial charge >= 0.3 is 0 Å². The zero-order valence-electron chi connectivity index (χ0n) is 26.5. The second-order valence-corrected chi connectivity index (χ2v) is 13.0. The predicted molar refractivity (Wildman–Crippen MR) is 180 cm³/mol. The van der Waals surface area contributed by atoms with Gasteiger partial charge in [-0.15, -0.1) is 0 Å². The summed E-state index contributed by atoms with van der Waals surface area (Å²) in [5.41, 5.74) is 5.55. The lowest BCUT2D eigenvalue weighted by molar-refractivity contribution is 0.511. The number of unbranched alkanes of at least 4 members (excludes halogenated alkanes) is 33. The van der Waals surface area contributed by atoms with Crippen molar-refractivity contribution in [1.29, 1.82) is 0 Å². The lowest BCUT2D eigenvalue weighted by Gasteiger charge is -2.05. The Hall–Kier alpha value is 0.310. The van der Waals surface area contributed by atoms with Gasteiger partial charge in [0.25, 0.3) is 0 Å². The Bertz CT molecular complexity index is 350. The summed E-state index contributed by atoms with van der Waals surface area (Å²) in [5, 5.41) is 0. The maximum atomic E-state index is 5.55. The summed E-state index contributed by atoms with van der Waals surface area (Å²) >= 11 is 4.29. The summed E-state index contributed by atoms with van der Waals surface area (Å²) in [6, 6.07) is 0. The Kier molecular flexibility index (Phi) is 37.6. The molecular weight excluding hydrogens is 478 g/mol. The summed E-state index contributed by atoms with van der Waals surface area (Å²) in [6.07, 6.45) is 49.4. The molecule has 0 amide bonds. The third-order valence-corrected chi connectivity index (χ3v) is 8.93. The standard InChI is InChI=1S/C36H75NS/c37-35-33-31-29-27-25-23-21-19-17-15-13-11-9-7-5-3-1-2-4-6-8-10-12-14-16-18-20-22-24-26-28-30-32-34-36-38/h38H,1-37H2. The van der Waals surface area contributed by atoms with Crippen LogP contribution in [0.4, 0.5) is 0 Å². The first kappa shape index (κ1) is 38.3. The second-order valence-electron chi connectivity index (χ2n) is 12.5. The molecule has 0 aliphatic rings. The Balaban J connectivity index is 3.01. The van der Waals surface area contributed by atoms with Crippen LogP contribution in [0.2, 0.25) is 0 Å². The molecule has 0 fully saturated rings. The van der Waals surface area contributed by atoms with Crippen LogP contribution >= 0.6 is 12.6 Å². The van der Waals surface area contributed by atoms with Gasteiger partial charge in [-0.25, -0.2) is 0 Å². The molecule has 230 valence electrons. The van der Waals surface area contributed by atoms with E-state index in [1.54, 1.807) is 0 Å². The molecule has 0 aliphatic heterocycles. The van der Waals surface area contributed by atoms with Crippen molar-refractivity contribution in [1.82, 2.24) is 0 Å². The third kappa shape index (κ3) is 36.3. The lowest BCUT2D eigenvalue weighted by atomic mass is 10.0. The molecule has 2 N–H and O–H groups in total. The summed E-state index contributed by atoms with van der Waals surface area (Å²) in [7, 11) is 0. The zero-order chi connectivity index (χ0) is 27.5. The minimum Gasteiger partial charge on any atom is -0.330 e. The summed E-state index contributed by atoms with van der Waals surface area (Å²) in [5.74, 6) is 1.07. The minimum absolute atomic E-state index is 0.874. The Morgan fingerprint density at radius 1 is 0.211 bits per heavy atom. The summed E-state index contributed by atoms with van der Waals surface area (Å²) < 4.78 is 0. The van der Waals surface area contributed by atoms with Gasteiger partial charge in [-0.2, -0.15) is 12.6 Å². The first-order valence-electron chi connectivity index (χ1n) is 18.2. The fraction of sp³-hybridized carbons (Fsp3) is 1.00. The van der Waals surface area contributed by atoms with E-state index in [2.05, 4.69) is 12.6 Å². The van der Waals surface area contributed by atoms with Gasteiger partial charge in [0.2, 0.25) is 0 Å². The highest BCUT2D eigenvalue weighted by Crippen LogP contribution is 2.17. The van der Waals surface area contributed by atoms with Gasteiger partial charge < -0.3 is 5.73 Å². The van der Waals surface area contributed by atoms with Crippen LogP contribution < -0.4 is 5.73 Å². The quantitative estimate of drug-likeness (QED) is 0.0592. The second kappa shape index (κ2) is 37.3. The SMILES string of the molecule is NCCCCCCCCCCCCCCCCCCCCCCCCCCCCCCCCCCCCS. The van der Waals surface area contributed by atoms with Crippen LogP contribution in [-0.4, -0.2) is 12.3 Å². The Labute approximate surface area is 248 Å². The molecule has 0 aromatic heterocycles. The van der Waals surface area contributed by atoms with Crippen LogP contribution in [0.1, 0.15) is 218 Å². The molecule has 0 unspecified atom stereocenters. The number of hydrogen-bond acceptors (Lipinski definition) is 2. The van der Waals surface area contributed by atoms with Gasteiger partial charge in [0.05, 0.1) is 0 Å². The maximum Gasteiger partial charge on any atom is -0.00773 e. The minimum atomic E-state index is 0.874. The highest BCUT2D eigenvalue weighted by Gasteiger charge is 1.97. The number of rotatable bonds is 35. The largest absolute Gasteiger partial charge is 0.330 e. The topological polar surface area (TPSA) is 26.0 Å². The van der Waals surface area contributed by atoms with Crippen molar-refractivity contribution in [3.8, 4) is 0 Å². The zero-order valence-corrected chi connectivity index (χ0v) is 27.4. The molecule has 0 saturated carbocycles. The fourth-order valence-electron chi connectivity index (χ4n) is 5.91. The van der Waals surface area contributed by atoms with Crippen LogP contribution in [0.5, 0.6) is 0 Å². The molecule has 0 saturated heterocycles. The van der Waals surface area contributed by atoms with Crippen LogP contribution in [-0.2, 0) is 0 Å². The van der Waals surface area contributed by atoms with Gasteiger partial charge in [-0.3, -0.25) is 0 Å². The molecular formula is C36H75NS. The van der Waals surface area contributed by atoms with Crippen molar-refractivity contribution < 1.29 is 0 Å². The van der Waals surface area contributed by atoms with E-state index in [1.165, 1.54) is 218 Å². The van der Waals surface area contributed by atoms with E-state index >= 15 is 0 Å². The number of thiol groups is 1. The molecule has 0 rings (SSSR count). The van der Waals surface area contributed by atoms with Crippen molar-refractivity contribution >= 4 is 12.6 Å². The third-order valence-electron chi connectivity index (χ3n) is 8.61. The van der Waals surface area contributed by atoms with Gasteiger partial charge in [0.1, 0.15) is 0 Å². The summed E-state index contributed by atoms with van der Waals surface area (Å²) in [4.78, 5) is 0. The van der Waals surface area contributed by atoms with Crippen molar-refractivity contribution in [3.63, 3.8) is 0 Å².